The van der Waals surface area contributed by atoms with E-state index in [1.54, 1.807) is 0 Å². The fourth-order valence-electron chi connectivity index (χ4n) is 7.34. The fourth-order valence-corrected chi connectivity index (χ4v) is 7.34. The minimum atomic E-state index is -0.726. The highest BCUT2D eigenvalue weighted by Gasteiger charge is 2.37. The lowest BCUT2D eigenvalue weighted by molar-refractivity contribution is -0.194. The highest BCUT2D eigenvalue weighted by atomic mass is 16.4. The Hall–Kier alpha value is -2.44. The summed E-state index contributed by atoms with van der Waals surface area (Å²) in [5, 5.41) is 33.5. The molecule has 8 aliphatic rings. The van der Waals surface area contributed by atoms with E-state index >= 15 is 0 Å². The van der Waals surface area contributed by atoms with Crippen molar-refractivity contribution in [1.82, 2.24) is 39.2 Å². The summed E-state index contributed by atoms with van der Waals surface area (Å²) < 4.78 is 0. The van der Waals surface area contributed by atoms with Crippen molar-refractivity contribution in [1.29, 1.82) is 0 Å². The van der Waals surface area contributed by atoms with Crippen molar-refractivity contribution in [3.63, 3.8) is 0 Å². The molecule has 0 amide bonds. The fraction of sp³-hybridized carbons (Fsp3) is 0.882. The maximum atomic E-state index is 10.2. The molecule has 0 atom stereocenters. The van der Waals surface area contributed by atoms with E-state index in [1.807, 2.05) is 0 Å². The molecule has 0 aliphatic carbocycles. The van der Waals surface area contributed by atoms with Crippen molar-refractivity contribution in [3.8, 4) is 0 Å². The molecule has 8 rings (SSSR count). The van der Waals surface area contributed by atoms with Crippen LogP contribution < -0.4 is 0 Å². The molecule has 50 heavy (non-hydrogen) atoms. The van der Waals surface area contributed by atoms with Crippen LogP contribution in [-0.4, -0.2) is 164 Å². The number of hydrogen-bond donors (Lipinski definition) is 4. The Labute approximate surface area is 298 Å². The lowest BCUT2D eigenvalue weighted by Gasteiger charge is -2.56. The van der Waals surface area contributed by atoms with Gasteiger partial charge in [-0.05, 0) is 25.7 Å². The SMILES string of the molecule is C1N2CN3CN1CN(C2)C3.C1N2CN3CN1CN(C2)C3.O=C(O)CCCCCCCCCC(=O)O.O=C(O)CCCCCCCCCC(=O)O. The van der Waals surface area contributed by atoms with Crippen molar-refractivity contribution in [3.05, 3.63) is 0 Å². The van der Waals surface area contributed by atoms with Crippen molar-refractivity contribution < 1.29 is 39.6 Å². The quantitative estimate of drug-likeness (QED) is 0.135. The van der Waals surface area contributed by atoms with E-state index in [4.69, 9.17) is 20.4 Å². The molecule has 4 N–H and O–H groups in total. The molecule has 8 fully saturated rings. The van der Waals surface area contributed by atoms with Crippen LogP contribution in [0.15, 0.2) is 0 Å². The van der Waals surface area contributed by atoms with Gasteiger partial charge in [0.25, 0.3) is 0 Å². The maximum absolute atomic E-state index is 10.2. The van der Waals surface area contributed by atoms with Crippen LogP contribution in [0.3, 0.4) is 0 Å². The molecule has 0 saturated carbocycles. The molecular weight excluding hydrogens is 648 g/mol. The average Bonchev–Trinajstić information content (AvgIpc) is 3.02. The molecule has 0 aromatic heterocycles. The Morgan fingerprint density at radius 2 is 0.380 bits per heavy atom. The highest BCUT2D eigenvalue weighted by Crippen LogP contribution is 2.21. The number of carbonyl (C=O) groups is 4. The largest absolute Gasteiger partial charge is 0.481 e. The molecule has 0 radical (unpaired) electrons. The van der Waals surface area contributed by atoms with Crippen LogP contribution in [0.2, 0.25) is 0 Å². The first-order chi connectivity index (χ1) is 24.0. The molecule has 16 heteroatoms. The molecule has 8 bridgehead atoms. The number of unbranched alkanes of at least 4 members (excludes halogenated alkanes) is 12. The number of nitrogens with zero attached hydrogens (tertiary/aromatic N) is 8. The second-order valence-electron chi connectivity index (χ2n) is 14.6. The topological polar surface area (TPSA) is 175 Å². The standard InChI is InChI=1S/2C11H20O4.2C6H12N4/c2*12-10(13)8-6-4-2-1-3-5-7-9-11(14)15;2*1-7-2-9-4-8(1)5-10(3-7)6-9/h2*1-9H2,(H,12,13)(H,14,15);2*1-6H2. The van der Waals surface area contributed by atoms with Crippen molar-refractivity contribution in [2.75, 3.05) is 80.0 Å². The second kappa shape index (κ2) is 23.9. The van der Waals surface area contributed by atoms with Gasteiger partial charge in [0.15, 0.2) is 0 Å². The van der Waals surface area contributed by atoms with E-state index in [-0.39, 0.29) is 25.7 Å². The Kier molecular flexibility index (Phi) is 20.1. The zero-order valence-electron chi connectivity index (χ0n) is 30.2. The summed E-state index contributed by atoms with van der Waals surface area (Å²) in [4.78, 5) is 60.5. The van der Waals surface area contributed by atoms with Gasteiger partial charge in [-0.1, -0.05) is 64.2 Å². The lowest BCUT2D eigenvalue weighted by atomic mass is 10.1. The third-order valence-electron chi connectivity index (χ3n) is 9.36. The van der Waals surface area contributed by atoms with Crippen LogP contribution in [0, 0.1) is 0 Å². The molecule has 0 aromatic carbocycles. The van der Waals surface area contributed by atoms with Gasteiger partial charge in [-0.15, -0.1) is 0 Å². The summed E-state index contributed by atoms with van der Waals surface area (Å²) in [5.74, 6) is -2.90. The van der Waals surface area contributed by atoms with E-state index in [2.05, 4.69) is 39.2 Å². The van der Waals surface area contributed by atoms with Gasteiger partial charge in [0.05, 0.1) is 80.0 Å². The summed E-state index contributed by atoms with van der Waals surface area (Å²) >= 11 is 0. The molecule has 8 aliphatic heterocycles. The Morgan fingerprint density at radius 3 is 0.500 bits per heavy atom. The zero-order valence-corrected chi connectivity index (χ0v) is 30.2. The minimum Gasteiger partial charge on any atom is -0.481 e. The maximum Gasteiger partial charge on any atom is 0.303 e. The lowest BCUT2D eigenvalue weighted by Crippen LogP contribution is -2.71. The van der Waals surface area contributed by atoms with E-state index in [0.29, 0.717) is 0 Å². The van der Waals surface area contributed by atoms with Crippen LogP contribution >= 0.6 is 0 Å². The van der Waals surface area contributed by atoms with Gasteiger partial charge >= 0.3 is 23.9 Å². The van der Waals surface area contributed by atoms with Gasteiger partial charge < -0.3 is 20.4 Å². The average molecular weight is 713 g/mol. The monoisotopic (exact) mass is 712 g/mol. The second-order valence-corrected chi connectivity index (χ2v) is 14.6. The number of carboxylic acids is 4. The number of carboxylic acid groups (broad SMARTS) is 4. The van der Waals surface area contributed by atoms with Crippen LogP contribution in [0.4, 0.5) is 0 Å². The molecule has 0 unspecified atom stereocenters. The summed E-state index contributed by atoms with van der Waals surface area (Å²) in [5.41, 5.74) is 0. The van der Waals surface area contributed by atoms with Crippen LogP contribution in [0.5, 0.6) is 0 Å². The Bertz CT molecular complexity index is 791. The van der Waals surface area contributed by atoms with Crippen molar-refractivity contribution >= 4 is 23.9 Å². The first-order valence-electron chi connectivity index (χ1n) is 18.7. The third kappa shape index (κ3) is 18.7. The summed E-state index contributed by atoms with van der Waals surface area (Å²) in [6.45, 7) is 14.2. The predicted octanol–water partition coefficient (Wildman–Crippen LogP) is 3.29. The van der Waals surface area contributed by atoms with Gasteiger partial charge in [-0.3, -0.25) is 58.4 Å². The van der Waals surface area contributed by atoms with Crippen molar-refractivity contribution in [2.24, 2.45) is 0 Å². The number of aliphatic carboxylic acids is 4. The van der Waals surface area contributed by atoms with E-state index in [0.717, 1.165) is 89.9 Å². The highest BCUT2D eigenvalue weighted by molar-refractivity contribution is 5.67. The van der Waals surface area contributed by atoms with Crippen molar-refractivity contribution in [2.45, 2.75) is 116 Å². The van der Waals surface area contributed by atoms with Crippen LogP contribution in [-0.2, 0) is 19.2 Å². The predicted molar refractivity (Wildman–Crippen MR) is 187 cm³/mol. The molecule has 288 valence electrons. The molecular formula is C34H64N8O8. The number of hydrogen-bond acceptors (Lipinski definition) is 12. The third-order valence-corrected chi connectivity index (χ3v) is 9.36. The zero-order chi connectivity index (χ0) is 36.1. The van der Waals surface area contributed by atoms with Crippen LogP contribution in [0.1, 0.15) is 116 Å². The van der Waals surface area contributed by atoms with Gasteiger partial charge in [0, 0.05) is 25.7 Å². The Morgan fingerprint density at radius 1 is 0.260 bits per heavy atom. The molecule has 16 nitrogen and oxygen atoms in total. The van der Waals surface area contributed by atoms with Crippen LogP contribution in [0.25, 0.3) is 0 Å². The molecule has 8 heterocycles. The summed E-state index contributed by atoms with van der Waals surface area (Å²) in [6.07, 6.45) is 14.3. The van der Waals surface area contributed by atoms with Gasteiger partial charge in [-0.2, -0.15) is 0 Å². The molecule has 0 aromatic rings. The van der Waals surface area contributed by atoms with Gasteiger partial charge in [-0.25, -0.2) is 0 Å². The smallest absolute Gasteiger partial charge is 0.303 e. The number of rotatable bonds is 20. The van der Waals surface area contributed by atoms with Gasteiger partial charge in [0.1, 0.15) is 0 Å². The first-order valence-corrected chi connectivity index (χ1v) is 18.7. The van der Waals surface area contributed by atoms with E-state index in [9.17, 15) is 19.2 Å². The summed E-state index contributed by atoms with van der Waals surface area (Å²) in [7, 11) is 0. The summed E-state index contributed by atoms with van der Waals surface area (Å²) in [6, 6.07) is 0. The van der Waals surface area contributed by atoms with Gasteiger partial charge in [0.2, 0.25) is 0 Å². The normalized spacial score (nSPS) is 29.1. The molecule has 0 spiro atoms. The van der Waals surface area contributed by atoms with E-state index in [1.165, 1.54) is 80.0 Å². The first kappa shape index (κ1) is 42.0. The minimum absolute atomic E-state index is 0.263. The Balaban J connectivity index is 0.000000182. The molecule has 8 saturated heterocycles. The van der Waals surface area contributed by atoms with E-state index < -0.39 is 23.9 Å².